The van der Waals surface area contributed by atoms with Crippen molar-refractivity contribution >= 4 is 11.8 Å². The van der Waals surface area contributed by atoms with Gasteiger partial charge in [0, 0.05) is 6.54 Å². The maximum Gasteiger partial charge on any atom is 0.287 e. The van der Waals surface area contributed by atoms with E-state index in [9.17, 15) is 9.59 Å². The zero-order valence-corrected chi connectivity index (χ0v) is 10.2. The summed E-state index contributed by atoms with van der Waals surface area (Å²) in [6.45, 7) is 4.33. The molecule has 0 aliphatic carbocycles. The van der Waals surface area contributed by atoms with E-state index >= 15 is 0 Å². The molecule has 1 heterocycles. The molecule has 94 valence electrons. The van der Waals surface area contributed by atoms with Gasteiger partial charge in [-0.2, -0.15) is 0 Å². The number of hydrogen-bond donors (Lipinski definition) is 2. The molecule has 2 amide bonds. The van der Waals surface area contributed by atoms with Gasteiger partial charge in [0.15, 0.2) is 5.76 Å². The van der Waals surface area contributed by atoms with E-state index in [2.05, 4.69) is 10.6 Å². The number of rotatable bonds is 6. The highest BCUT2D eigenvalue weighted by Crippen LogP contribution is 1.99. The quantitative estimate of drug-likeness (QED) is 0.734. The van der Waals surface area contributed by atoms with Crippen LogP contribution in [0.2, 0.25) is 0 Å². The lowest BCUT2D eigenvalue weighted by Crippen LogP contribution is -2.44. The molecule has 0 radical (unpaired) electrons. The van der Waals surface area contributed by atoms with Crippen LogP contribution in [0.5, 0.6) is 0 Å². The van der Waals surface area contributed by atoms with Gasteiger partial charge in [-0.15, -0.1) is 0 Å². The van der Waals surface area contributed by atoms with Crippen molar-refractivity contribution in [1.29, 1.82) is 0 Å². The lowest BCUT2D eigenvalue weighted by Gasteiger charge is -2.12. The summed E-state index contributed by atoms with van der Waals surface area (Å²) < 4.78 is 4.93. The topological polar surface area (TPSA) is 71.3 Å². The lowest BCUT2D eigenvalue weighted by molar-refractivity contribution is -0.122. The molecule has 17 heavy (non-hydrogen) atoms. The number of unbranched alkanes of at least 4 members (excludes halogenated alkanes) is 1. The summed E-state index contributed by atoms with van der Waals surface area (Å²) in [5.74, 6) is -0.357. The number of amides is 2. The van der Waals surface area contributed by atoms with E-state index in [1.54, 1.807) is 19.1 Å². The van der Waals surface area contributed by atoms with E-state index in [1.165, 1.54) is 6.26 Å². The normalized spacial score (nSPS) is 11.9. The van der Waals surface area contributed by atoms with Gasteiger partial charge in [0.2, 0.25) is 5.91 Å². The molecule has 1 rings (SSSR count). The Morgan fingerprint density at radius 1 is 1.47 bits per heavy atom. The van der Waals surface area contributed by atoms with E-state index in [1.807, 2.05) is 6.92 Å². The van der Waals surface area contributed by atoms with Crippen LogP contribution in [0.4, 0.5) is 0 Å². The second kappa shape index (κ2) is 6.73. The van der Waals surface area contributed by atoms with Gasteiger partial charge in [-0.05, 0) is 25.5 Å². The third kappa shape index (κ3) is 4.30. The number of carbonyl (C=O) groups is 2. The minimum Gasteiger partial charge on any atom is -0.459 e. The Morgan fingerprint density at radius 3 is 2.82 bits per heavy atom. The predicted molar refractivity (Wildman–Crippen MR) is 63.6 cm³/mol. The summed E-state index contributed by atoms with van der Waals surface area (Å²) in [6, 6.07) is 2.61. The van der Waals surface area contributed by atoms with Crippen LogP contribution in [0.3, 0.4) is 0 Å². The van der Waals surface area contributed by atoms with Crippen LogP contribution in [0.25, 0.3) is 0 Å². The van der Waals surface area contributed by atoms with Gasteiger partial charge in [-0.25, -0.2) is 0 Å². The van der Waals surface area contributed by atoms with E-state index < -0.39 is 6.04 Å². The van der Waals surface area contributed by atoms with Crippen molar-refractivity contribution in [1.82, 2.24) is 10.6 Å². The third-order valence-electron chi connectivity index (χ3n) is 2.32. The number of hydrogen-bond acceptors (Lipinski definition) is 3. The Hall–Kier alpha value is -1.78. The average molecular weight is 238 g/mol. The van der Waals surface area contributed by atoms with Gasteiger partial charge in [0.25, 0.3) is 5.91 Å². The molecule has 0 saturated heterocycles. The molecular weight excluding hydrogens is 220 g/mol. The number of furan rings is 1. The van der Waals surface area contributed by atoms with Crippen molar-refractivity contribution in [3.8, 4) is 0 Å². The van der Waals surface area contributed by atoms with Crippen LogP contribution >= 0.6 is 0 Å². The number of nitrogens with one attached hydrogen (secondary N) is 2. The standard InChI is InChI=1S/C12H18N2O3/c1-3-4-7-13-11(15)9(2)14-12(16)10-6-5-8-17-10/h5-6,8-9H,3-4,7H2,1-2H3,(H,13,15)(H,14,16)/t9-/m1/s1. The molecule has 0 bridgehead atoms. The smallest absolute Gasteiger partial charge is 0.287 e. The first kappa shape index (κ1) is 13.3. The summed E-state index contributed by atoms with van der Waals surface area (Å²) >= 11 is 0. The van der Waals surface area contributed by atoms with Gasteiger partial charge in [-0.1, -0.05) is 13.3 Å². The molecule has 5 heteroatoms. The lowest BCUT2D eigenvalue weighted by atomic mass is 10.2. The van der Waals surface area contributed by atoms with E-state index in [0.29, 0.717) is 6.54 Å². The van der Waals surface area contributed by atoms with Gasteiger partial charge >= 0.3 is 0 Å². The van der Waals surface area contributed by atoms with Crippen LogP contribution < -0.4 is 10.6 Å². The Kier molecular flexibility index (Phi) is 5.26. The van der Waals surface area contributed by atoms with Crippen molar-refractivity contribution < 1.29 is 14.0 Å². The predicted octanol–water partition coefficient (Wildman–Crippen LogP) is 1.31. The molecule has 0 aliphatic rings. The van der Waals surface area contributed by atoms with Gasteiger partial charge in [0.1, 0.15) is 6.04 Å². The van der Waals surface area contributed by atoms with Gasteiger partial charge < -0.3 is 15.1 Å². The van der Waals surface area contributed by atoms with Crippen molar-refractivity contribution in [2.24, 2.45) is 0 Å². The fraction of sp³-hybridized carbons (Fsp3) is 0.500. The highest BCUT2D eigenvalue weighted by atomic mass is 16.3. The molecule has 0 spiro atoms. The Labute approximate surface area is 101 Å². The molecule has 0 aromatic carbocycles. The molecule has 0 saturated carbocycles. The number of carbonyl (C=O) groups excluding carboxylic acids is 2. The second-order valence-electron chi connectivity index (χ2n) is 3.82. The van der Waals surface area contributed by atoms with Crippen molar-refractivity contribution in [3.63, 3.8) is 0 Å². The molecule has 2 N–H and O–H groups in total. The molecule has 1 aromatic heterocycles. The third-order valence-corrected chi connectivity index (χ3v) is 2.32. The van der Waals surface area contributed by atoms with Crippen molar-refractivity contribution in [2.45, 2.75) is 32.7 Å². The SMILES string of the molecule is CCCCNC(=O)[C@@H](C)NC(=O)c1ccco1. The van der Waals surface area contributed by atoms with E-state index in [4.69, 9.17) is 4.42 Å². The Morgan fingerprint density at radius 2 is 2.24 bits per heavy atom. The van der Waals surface area contributed by atoms with Crippen molar-refractivity contribution in [3.05, 3.63) is 24.2 Å². The first-order chi connectivity index (χ1) is 8.15. The molecule has 0 unspecified atom stereocenters. The summed E-state index contributed by atoms with van der Waals surface area (Å²) in [4.78, 5) is 23.1. The van der Waals surface area contributed by atoms with Gasteiger partial charge in [0.05, 0.1) is 6.26 Å². The Balaban J connectivity index is 2.35. The largest absolute Gasteiger partial charge is 0.459 e. The van der Waals surface area contributed by atoms with Crippen LogP contribution in [0.15, 0.2) is 22.8 Å². The fourth-order valence-electron chi connectivity index (χ4n) is 1.28. The molecule has 1 aromatic rings. The summed E-state index contributed by atoms with van der Waals surface area (Å²) in [6.07, 6.45) is 3.37. The monoisotopic (exact) mass is 238 g/mol. The summed E-state index contributed by atoms with van der Waals surface area (Å²) in [5, 5.41) is 5.31. The summed E-state index contributed by atoms with van der Waals surface area (Å²) in [5.41, 5.74) is 0. The molecule has 5 nitrogen and oxygen atoms in total. The minimum atomic E-state index is -0.565. The molecule has 1 atom stereocenters. The van der Waals surface area contributed by atoms with Crippen LogP contribution in [0.1, 0.15) is 37.2 Å². The highest BCUT2D eigenvalue weighted by molar-refractivity contribution is 5.95. The Bertz CT molecular complexity index is 360. The molecule has 0 fully saturated rings. The highest BCUT2D eigenvalue weighted by Gasteiger charge is 2.17. The fourth-order valence-corrected chi connectivity index (χ4v) is 1.28. The van der Waals surface area contributed by atoms with Crippen LogP contribution in [-0.4, -0.2) is 24.4 Å². The van der Waals surface area contributed by atoms with E-state index in [0.717, 1.165) is 12.8 Å². The zero-order valence-electron chi connectivity index (χ0n) is 10.2. The minimum absolute atomic E-state index is 0.182. The van der Waals surface area contributed by atoms with E-state index in [-0.39, 0.29) is 17.6 Å². The average Bonchev–Trinajstić information content (AvgIpc) is 2.82. The maximum absolute atomic E-state index is 11.6. The van der Waals surface area contributed by atoms with Crippen LogP contribution in [-0.2, 0) is 4.79 Å². The van der Waals surface area contributed by atoms with Crippen molar-refractivity contribution in [2.75, 3.05) is 6.54 Å². The molecule has 0 aliphatic heterocycles. The zero-order chi connectivity index (χ0) is 12.7. The maximum atomic E-state index is 11.6. The van der Waals surface area contributed by atoms with Gasteiger partial charge in [-0.3, -0.25) is 9.59 Å². The summed E-state index contributed by atoms with van der Waals surface area (Å²) in [7, 11) is 0. The second-order valence-corrected chi connectivity index (χ2v) is 3.82. The molecular formula is C12H18N2O3. The van der Waals surface area contributed by atoms with Crippen LogP contribution in [0, 0.1) is 0 Å². The first-order valence-electron chi connectivity index (χ1n) is 5.77. The first-order valence-corrected chi connectivity index (χ1v) is 5.77.